The third-order valence-electron chi connectivity index (χ3n) is 5.43. The zero-order valence-corrected chi connectivity index (χ0v) is 21.4. The first-order valence-electron chi connectivity index (χ1n) is 10.6. The number of halogens is 1. The summed E-state index contributed by atoms with van der Waals surface area (Å²) in [5, 5.41) is 11.9. The minimum absolute atomic E-state index is 0.0679. The van der Waals surface area contributed by atoms with Crippen molar-refractivity contribution in [3.05, 3.63) is 94.5 Å². The molecule has 0 bridgehead atoms. The highest BCUT2D eigenvalue weighted by Crippen LogP contribution is 2.33. The van der Waals surface area contributed by atoms with E-state index in [0.29, 0.717) is 38.9 Å². The van der Waals surface area contributed by atoms with Crippen LogP contribution in [0.1, 0.15) is 21.5 Å². The molecule has 1 amide bonds. The molecule has 0 aliphatic carbocycles. The second kappa shape index (κ2) is 9.98. The van der Waals surface area contributed by atoms with Crippen LogP contribution in [0.3, 0.4) is 0 Å². The highest BCUT2D eigenvalue weighted by molar-refractivity contribution is 8.00. The molecular formula is C24H19ClN4O3S3. The van der Waals surface area contributed by atoms with E-state index in [-0.39, 0.29) is 10.5 Å². The maximum atomic E-state index is 13.3. The molecule has 0 saturated heterocycles. The van der Waals surface area contributed by atoms with Crippen molar-refractivity contribution in [2.24, 2.45) is 0 Å². The summed E-state index contributed by atoms with van der Waals surface area (Å²) in [6.07, 6.45) is 0.658. The second-order valence-electron chi connectivity index (χ2n) is 7.73. The van der Waals surface area contributed by atoms with Crippen LogP contribution in [-0.2, 0) is 22.2 Å². The number of rotatable bonds is 7. The molecule has 0 radical (unpaired) electrons. The van der Waals surface area contributed by atoms with Crippen molar-refractivity contribution in [3.8, 4) is 0 Å². The Labute approximate surface area is 216 Å². The van der Waals surface area contributed by atoms with Gasteiger partial charge >= 0.3 is 0 Å². The molecule has 178 valence electrons. The van der Waals surface area contributed by atoms with E-state index in [1.807, 2.05) is 42.5 Å². The number of sulfonamides is 1. The van der Waals surface area contributed by atoms with E-state index < -0.39 is 15.9 Å². The van der Waals surface area contributed by atoms with Crippen LogP contribution in [0.25, 0.3) is 0 Å². The average Bonchev–Trinajstić information content (AvgIpc) is 3.51. The van der Waals surface area contributed by atoms with Gasteiger partial charge in [0.05, 0.1) is 10.6 Å². The maximum absolute atomic E-state index is 13.3. The number of fused-ring (bicyclic) bond motifs is 1. The number of amides is 1. The molecule has 5 rings (SSSR count). The monoisotopic (exact) mass is 542 g/mol. The number of benzene rings is 3. The number of carbonyl (C=O) groups excluding carboxylic acids is 1. The summed E-state index contributed by atoms with van der Waals surface area (Å²) in [4.78, 5) is 12.9. The Bertz CT molecular complexity index is 1490. The predicted molar refractivity (Wildman–Crippen MR) is 140 cm³/mol. The summed E-state index contributed by atoms with van der Waals surface area (Å²) in [5.74, 6) is 0.244. The normalized spacial score (nSPS) is 13.0. The van der Waals surface area contributed by atoms with E-state index >= 15 is 0 Å². The van der Waals surface area contributed by atoms with Gasteiger partial charge in [0, 0.05) is 22.9 Å². The van der Waals surface area contributed by atoms with Gasteiger partial charge in [0.25, 0.3) is 15.9 Å². The van der Waals surface area contributed by atoms with Crippen molar-refractivity contribution in [2.75, 3.05) is 16.2 Å². The molecule has 35 heavy (non-hydrogen) atoms. The van der Waals surface area contributed by atoms with E-state index in [1.54, 1.807) is 18.2 Å². The maximum Gasteiger partial charge on any atom is 0.264 e. The van der Waals surface area contributed by atoms with E-state index in [2.05, 4.69) is 15.5 Å². The number of nitrogens with zero attached hydrogens (tertiary/aromatic N) is 3. The molecule has 0 spiro atoms. The summed E-state index contributed by atoms with van der Waals surface area (Å²) < 4.78 is 28.7. The SMILES string of the molecule is O=C(Nc1nnc(SCc2ccc(Cl)cc2)s1)c1cccc(S(=O)(=O)N2CCc3ccccc32)c1. The standard InChI is InChI=1S/C24H19ClN4O3S3/c25-19-10-8-16(9-11-19)15-33-24-28-27-23(34-24)26-22(30)18-5-3-6-20(14-18)35(31,32)29-13-12-17-4-1-2-7-21(17)29/h1-11,14H,12-13,15H2,(H,26,27,30). The average molecular weight is 543 g/mol. The molecule has 1 aromatic heterocycles. The van der Waals surface area contributed by atoms with Gasteiger partial charge in [-0.3, -0.25) is 14.4 Å². The minimum atomic E-state index is -3.80. The van der Waals surface area contributed by atoms with Crippen LogP contribution in [0.2, 0.25) is 5.02 Å². The number of thioether (sulfide) groups is 1. The van der Waals surface area contributed by atoms with Gasteiger partial charge in [0.1, 0.15) is 0 Å². The van der Waals surface area contributed by atoms with Crippen molar-refractivity contribution in [3.63, 3.8) is 0 Å². The number of carbonyl (C=O) groups is 1. The van der Waals surface area contributed by atoms with Crippen molar-refractivity contribution < 1.29 is 13.2 Å². The number of aromatic nitrogens is 2. The van der Waals surface area contributed by atoms with Crippen LogP contribution in [0.5, 0.6) is 0 Å². The van der Waals surface area contributed by atoms with Crippen LogP contribution >= 0.6 is 34.7 Å². The summed E-state index contributed by atoms with van der Waals surface area (Å²) in [7, 11) is -3.80. The molecule has 11 heteroatoms. The molecule has 1 aliphatic heterocycles. The molecule has 0 atom stereocenters. The fourth-order valence-electron chi connectivity index (χ4n) is 3.70. The van der Waals surface area contributed by atoms with Crippen molar-refractivity contribution >= 4 is 61.4 Å². The zero-order chi connectivity index (χ0) is 24.4. The highest BCUT2D eigenvalue weighted by Gasteiger charge is 2.31. The first kappa shape index (κ1) is 23.8. The summed E-state index contributed by atoms with van der Waals surface area (Å²) in [5.41, 5.74) is 2.99. The lowest BCUT2D eigenvalue weighted by atomic mass is 10.2. The van der Waals surface area contributed by atoms with Crippen molar-refractivity contribution in [2.45, 2.75) is 21.4 Å². The fraction of sp³-hybridized carbons (Fsp3) is 0.125. The van der Waals surface area contributed by atoms with Gasteiger partial charge in [-0.15, -0.1) is 10.2 Å². The van der Waals surface area contributed by atoms with Crippen molar-refractivity contribution in [1.82, 2.24) is 10.2 Å². The molecule has 1 N–H and O–H groups in total. The molecule has 0 saturated carbocycles. The van der Waals surface area contributed by atoms with Gasteiger partial charge in [-0.25, -0.2) is 8.42 Å². The van der Waals surface area contributed by atoms with Crippen LogP contribution in [0.15, 0.2) is 82.0 Å². The van der Waals surface area contributed by atoms with Crippen LogP contribution in [0.4, 0.5) is 10.8 Å². The Morgan fingerprint density at radius 2 is 1.86 bits per heavy atom. The number of para-hydroxylation sites is 1. The summed E-state index contributed by atoms with van der Waals surface area (Å²) in [6, 6.07) is 21.0. The molecule has 3 aromatic carbocycles. The summed E-state index contributed by atoms with van der Waals surface area (Å²) >= 11 is 8.68. The van der Waals surface area contributed by atoms with E-state index in [4.69, 9.17) is 11.6 Å². The molecule has 1 aliphatic rings. The Balaban J connectivity index is 1.27. The Kier molecular flexibility index (Phi) is 6.79. The largest absolute Gasteiger partial charge is 0.296 e. The van der Waals surface area contributed by atoms with Gasteiger partial charge in [0.2, 0.25) is 5.13 Å². The lowest BCUT2D eigenvalue weighted by molar-refractivity contribution is 0.102. The second-order valence-corrected chi connectivity index (χ2v) is 12.2. The smallest absolute Gasteiger partial charge is 0.264 e. The Morgan fingerprint density at radius 3 is 2.69 bits per heavy atom. The van der Waals surface area contributed by atoms with Gasteiger partial charge in [-0.05, 0) is 53.9 Å². The molecule has 0 fully saturated rings. The van der Waals surface area contributed by atoms with Gasteiger partial charge in [-0.2, -0.15) is 0 Å². The summed E-state index contributed by atoms with van der Waals surface area (Å²) in [6.45, 7) is 0.374. The Hall–Kier alpha value is -2.92. The third kappa shape index (κ3) is 5.20. The molecule has 2 heterocycles. The Morgan fingerprint density at radius 1 is 1.06 bits per heavy atom. The lowest BCUT2D eigenvalue weighted by Gasteiger charge is -2.19. The van der Waals surface area contributed by atoms with Gasteiger partial charge < -0.3 is 0 Å². The quantitative estimate of drug-likeness (QED) is 0.245. The number of nitrogens with one attached hydrogen (secondary N) is 1. The lowest BCUT2D eigenvalue weighted by Crippen LogP contribution is -2.29. The number of hydrogen-bond donors (Lipinski definition) is 1. The van der Waals surface area contributed by atoms with Crippen LogP contribution in [-0.4, -0.2) is 31.1 Å². The van der Waals surface area contributed by atoms with Gasteiger partial charge in [0.15, 0.2) is 4.34 Å². The van der Waals surface area contributed by atoms with E-state index in [9.17, 15) is 13.2 Å². The minimum Gasteiger partial charge on any atom is -0.296 e. The highest BCUT2D eigenvalue weighted by atomic mass is 35.5. The number of hydrogen-bond acceptors (Lipinski definition) is 7. The first-order valence-corrected chi connectivity index (χ1v) is 14.2. The van der Waals surface area contributed by atoms with E-state index in [1.165, 1.54) is 39.5 Å². The zero-order valence-electron chi connectivity index (χ0n) is 18.2. The third-order valence-corrected chi connectivity index (χ3v) is 9.54. The molecular weight excluding hydrogens is 524 g/mol. The topological polar surface area (TPSA) is 92.3 Å². The fourth-order valence-corrected chi connectivity index (χ4v) is 7.07. The van der Waals surface area contributed by atoms with Crippen molar-refractivity contribution in [1.29, 1.82) is 0 Å². The predicted octanol–water partition coefficient (Wildman–Crippen LogP) is 5.49. The van der Waals surface area contributed by atoms with E-state index in [0.717, 1.165) is 11.1 Å². The first-order chi connectivity index (χ1) is 16.9. The number of anilines is 2. The van der Waals surface area contributed by atoms with Crippen LogP contribution in [0, 0.1) is 0 Å². The van der Waals surface area contributed by atoms with Crippen LogP contribution < -0.4 is 9.62 Å². The van der Waals surface area contributed by atoms with Gasteiger partial charge in [-0.1, -0.05) is 71.1 Å². The molecule has 4 aromatic rings. The molecule has 7 nitrogen and oxygen atoms in total. The molecule has 0 unspecified atom stereocenters.